The molecule has 33 heavy (non-hydrogen) atoms. The monoisotopic (exact) mass is 479 g/mol. The molecule has 3 N–H and O–H groups in total. The number of aromatic hydroxyl groups is 1. The molecule has 9 heteroatoms. The summed E-state index contributed by atoms with van der Waals surface area (Å²) in [6.07, 6.45) is 0.0218. The minimum atomic E-state index is -0.974. The highest BCUT2D eigenvalue weighted by Gasteiger charge is 2.48. The van der Waals surface area contributed by atoms with Gasteiger partial charge in [-0.1, -0.05) is 19.1 Å². The van der Waals surface area contributed by atoms with E-state index in [0.29, 0.717) is 5.56 Å². The van der Waals surface area contributed by atoms with Crippen molar-refractivity contribution in [3.05, 3.63) is 29.8 Å². The van der Waals surface area contributed by atoms with Gasteiger partial charge in [-0.25, -0.2) is 4.79 Å². The number of ether oxygens (including phenoxy) is 1. The van der Waals surface area contributed by atoms with E-state index in [-0.39, 0.29) is 29.4 Å². The van der Waals surface area contributed by atoms with Crippen molar-refractivity contribution in [2.45, 2.75) is 84.2 Å². The summed E-state index contributed by atoms with van der Waals surface area (Å²) in [5.41, 5.74) is -0.675. The second-order valence-electron chi connectivity index (χ2n) is 10.6. The lowest BCUT2D eigenvalue weighted by atomic mass is 10.00. The maximum atomic E-state index is 13.7. The van der Waals surface area contributed by atoms with Crippen LogP contribution in [0.15, 0.2) is 24.3 Å². The molecule has 1 aliphatic rings. The smallest absolute Gasteiger partial charge is 0.408 e. The number of thiol groups is 1. The number of hydrogen-bond donors (Lipinski definition) is 4. The standard InChI is InChI=1S/C24H37N3O5S/c1-14-12-18(14)27(21(30)17(13-33)25-22(31)32-24(5,6)7)19(20(29)26-23(2,3)4)15-8-10-16(28)11-9-15/h8-11,14,17-19,28,33H,12-13H2,1-7H3,(H,25,31)(H,26,29). The molecule has 0 heterocycles. The maximum Gasteiger partial charge on any atom is 0.408 e. The van der Waals surface area contributed by atoms with Gasteiger partial charge in [0.25, 0.3) is 0 Å². The van der Waals surface area contributed by atoms with Gasteiger partial charge in [0.05, 0.1) is 0 Å². The minimum absolute atomic E-state index is 0.0405. The first-order valence-electron chi connectivity index (χ1n) is 11.2. The Kier molecular flexibility index (Phi) is 8.32. The van der Waals surface area contributed by atoms with E-state index in [1.807, 2.05) is 27.7 Å². The molecule has 4 unspecified atom stereocenters. The van der Waals surface area contributed by atoms with Gasteiger partial charge in [0.15, 0.2) is 0 Å². The first-order valence-corrected chi connectivity index (χ1v) is 11.8. The molecule has 0 aliphatic heterocycles. The highest BCUT2D eigenvalue weighted by molar-refractivity contribution is 7.80. The van der Waals surface area contributed by atoms with E-state index in [1.54, 1.807) is 37.8 Å². The van der Waals surface area contributed by atoms with E-state index in [1.165, 1.54) is 12.1 Å². The van der Waals surface area contributed by atoms with Crippen molar-refractivity contribution in [1.29, 1.82) is 0 Å². The van der Waals surface area contributed by atoms with Gasteiger partial charge in [-0.3, -0.25) is 9.59 Å². The number of carbonyl (C=O) groups is 3. The predicted octanol–water partition coefficient (Wildman–Crippen LogP) is 3.41. The summed E-state index contributed by atoms with van der Waals surface area (Å²) in [6, 6.07) is 4.17. The Morgan fingerprint density at radius 1 is 1.15 bits per heavy atom. The van der Waals surface area contributed by atoms with Crippen molar-refractivity contribution in [2.75, 3.05) is 5.75 Å². The maximum absolute atomic E-state index is 13.7. The predicted molar refractivity (Wildman–Crippen MR) is 130 cm³/mol. The Hall–Kier alpha value is -2.42. The number of phenols is 1. The highest BCUT2D eigenvalue weighted by atomic mass is 32.1. The van der Waals surface area contributed by atoms with Crippen LogP contribution in [0.25, 0.3) is 0 Å². The zero-order chi connectivity index (χ0) is 25.1. The van der Waals surface area contributed by atoms with Crippen molar-refractivity contribution in [3.63, 3.8) is 0 Å². The van der Waals surface area contributed by atoms with E-state index in [0.717, 1.165) is 6.42 Å². The molecule has 184 valence electrons. The van der Waals surface area contributed by atoms with Crippen LogP contribution in [0.2, 0.25) is 0 Å². The van der Waals surface area contributed by atoms with Gasteiger partial charge in [-0.2, -0.15) is 12.6 Å². The molecular formula is C24H37N3O5S. The van der Waals surface area contributed by atoms with Crippen LogP contribution in [0, 0.1) is 5.92 Å². The van der Waals surface area contributed by atoms with Crippen LogP contribution in [0.5, 0.6) is 5.75 Å². The Morgan fingerprint density at radius 2 is 1.70 bits per heavy atom. The molecule has 1 saturated carbocycles. The van der Waals surface area contributed by atoms with Crippen LogP contribution in [-0.2, 0) is 14.3 Å². The topological polar surface area (TPSA) is 108 Å². The second-order valence-corrected chi connectivity index (χ2v) is 11.0. The van der Waals surface area contributed by atoms with Gasteiger partial charge < -0.3 is 25.4 Å². The minimum Gasteiger partial charge on any atom is -0.508 e. The average molecular weight is 480 g/mol. The molecule has 0 aromatic heterocycles. The quantitative estimate of drug-likeness (QED) is 0.448. The van der Waals surface area contributed by atoms with E-state index < -0.39 is 35.2 Å². The molecule has 1 fully saturated rings. The van der Waals surface area contributed by atoms with Crippen molar-refractivity contribution in [1.82, 2.24) is 15.5 Å². The van der Waals surface area contributed by atoms with Gasteiger partial charge in [-0.15, -0.1) is 0 Å². The fraction of sp³-hybridized carbons (Fsp3) is 0.625. The summed E-state index contributed by atoms with van der Waals surface area (Å²) >= 11 is 4.29. The van der Waals surface area contributed by atoms with Crippen LogP contribution < -0.4 is 10.6 Å². The number of amides is 3. The van der Waals surface area contributed by atoms with Crippen LogP contribution in [0.1, 0.15) is 66.5 Å². The van der Waals surface area contributed by atoms with Gasteiger partial charge in [0.2, 0.25) is 11.8 Å². The number of alkyl carbamates (subject to hydrolysis) is 1. The molecule has 1 aliphatic carbocycles. The first kappa shape index (κ1) is 26.8. The van der Waals surface area contributed by atoms with Gasteiger partial charge in [0.1, 0.15) is 23.4 Å². The summed E-state index contributed by atoms with van der Waals surface area (Å²) in [5, 5.41) is 15.3. The molecule has 0 saturated heterocycles. The van der Waals surface area contributed by atoms with Crippen molar-refractivity contribution in [2.24, 2.45) is 5.92 Å². The molecule has 1 aromatic rings. The number of phenolic OH excluding ortho intramolecular Hbond substituents is 1. The lowest BCUT2D eigenvalue weighted by Gasteiger charge is -2.36. The molecular weight excluding hydrogens is 442 g/mol. The Labute approximate surface area is 201 Å². The summed E-state index contributed by atoms with van der Waals surface area (Å²) < 4.78 is 5.31. The third-order valence-electron chi connectivity index (χ3n) is 5.08. The number of nitrogens with one attached hydrogen (secondary N) is 2. The summed E-state index contributed by atoms with van der Waals surface area (Å²) in [4.78, 5) is 41.1. The summed E-state index contributed by atoms with van der Waals surface area (Å²) in [6.45, 7) is 12.8. The number of benzene rings is 1. The average Bonchev–Trinajstić information content (AvgIpc) is 3.37. The van der Waals surface area contributed by atoms with Crippen LogP contribution in [0.4, 0.5) is 4.79 Å². The largest absolute Gasteiger partial charge is 0.508 e. The van der Waals surface area contributed by atoms with Gasteiger partial charge in [0, 0.05) is 17.3 Å². The molecule has 2 rings (SSSR count). The first-order chi connectivity index (χ1) is 15.1. The third-order valence-corrected chi connectivity index (χ3v) is 5.45. The fourth-order valence-corrected chi connectivity index (χ4v) is 3.77. The van der Waals surface area contributed by atoms with Crippen LogP contribution in [0.3, 0.4) is 0 Å². The third kappa shape index (κ3) is 7.84. The van der Waals surface area contributed by atoms with Gasteiger partial charge in [-0.05, 0) is 71.6 Å². The van der Waals surface area contributed by atoms with Crippen molar-refractivity contribution in [3.8, 4) is 5.75 Å². The number of rotatable bonds is 7. The van der Waals surface area contributed by atoms with Crippen LogP contribution in [-0.4, -0.2) is 56.9 Å². The molecule has 8 nitrogen and oxygen atoms in total. The van der Waals surface area contributed by atoms with Crippen molar-refractivity contribution >= 4 is 30.5 Å². The highest BCUT2D eigenvalue weighted by Crippen LogP contribution is 2.41. The summed E-state index contributed by atoms with van der Waals surface area (Å²) in [5.74, 6) is -0.439. The van der Waals surface area contributed by atoms with E-state index in [2.05, 4.69) is 23.3 Å². The number of carbonyl (C=O) groups excluding carboxylic acids is 3. The normalized spacial score (nSPS) is 19.8. The molecule has 0 spiro atoms. The Bertz CT molecular complexity index is 860. The van der Waals surface area contributed by atoms with Crippen molar-refractivity contribution < 1.29 is 24.2 Å². The molecule has 0 radical (unpaired) electrons. The summed E-state index contributed by atoms with van der Waals surface area (Å²) in [7, 11) is 0. The molecule has 1 aromatic carbocycles. The molecule has 0 bridgehead atoms. The van der Waals surface area contributed by atoms with E-state index in [4.69, 9.17) is 4.74 Å². The fourth-order valence-electron chi connectivity index (χ4n) is 3.52. The Balaban J connectivity index is 2.43. The Morgan fingerprint density at radius 3 is 2.12 bits per heavy atom. The zero-order valence-electron chi connectivity index (χ0n) is 20.5. The number of nitrogens with zero attached hydrogens (tertiary/aromatic N) is 1. The molecule has 3 amide bonds. The SMILES string of the molecule is CC1CC1N(C(=O)C(CS)NC(=O)OC(C)(C)C)C(C(=O)NC(C)(C)C)c1ccc(O)cc1. The van der Waals surface area contributed by atoms with Gasteiger partial charge >= 0.3 is 6.09 Å². The lowest BCUT2D eigenvalue weighted by molar-refractivity contribution is -0.143. The van der Waals surface area contributed by atoms with Crippen LogP contribution >= 0.6 is 12.6 Å². The van der Waals surface area contributed by atoms with E-state index >= 15 is 0 Å². The lowest BCUT2D eigenvalue weighted by Crippen LogP contribution is -2.56. The molecule has 4 atom stereocenters. The van der Waals surface area contributed by atoms with E-state index in [9.17, 15) is 19.5 Å². The second kappa shape index (κ2) is 10.2. The number of hydrogen-bond acceptors (Lipinski definition) is 6. The zero-order valence-corrected chi connectivity index (χ0v) is 21.4.